The summed E-state index contributed by atoms with van der Waals surface area (Å²) in [4.78, 5) is 0. The molecule has 0 saturated heterocycles. The number of hydrogen-bond donors (Lipinski definition) is 0. The van der Waals surface area contributed by atoms with Crippen LogP contribution >= 0.6 is 0 Å². The van der Waals surface area contributed by atoms with Crippen LogP contribution in [-0.4, -0.2) is 0 Å². The van der Waals surface area contributed by atoms with E-state index in [1.54, 1.807) is 0 Å². The summed E-state index contributed by atoms with van der Waals surface area (Å²) >= 11 is 0. The zero-order valence-corrected chi connectivity index (χ0v) is 8.42. The number of nitrogens with two attached hydrogens (primary N) is 2. The molecular weight excluding hydrogens is 257 g/mol. The molecule has 0 atom stereocenters. The van der Waals surface area contributed by atoms with Crippen molar-refractivity contribution in [3.05, 3.63) is 61.3 Å². The molecule has 91 valence electrons. The fourth-order valence-electron chi connectivity index (χ4n) is 0.521. The van der Waals surface area contributed by atoms with Crippen LogP contribution in [0.5, 0.6) is 0 Å². The van der Waals surface area contributed by atoms with E-state index in [1.807, 2.05) is 30.3 Å². The van der Waals surface area contributed by atoms with Gasteiger partial charge < -0.3 is 31.9 Å². The van der Waals surface area contributed by atoms with Crippen LogP contribution < -0.4 is 0 Å². The van der Waals surface area contributed by atoms with Gasteiger partial charge in [-0.2, -0.15) is 0 Å². The molecule has 15 heavy (non-hydrogen) atoms. The van der Waals surface area contributed by atoms with E-state index in [-0.39, 0.29) is 29.4 Å². The summed E-state index contributed by atoms with van der Waals surface area (Å²) in [5, 5.41) is 0. The van der Waals surface area contributed by atoms with E-state index in [1.165, 1.54) is 0 Å². The molecule has 0 fully saturated rings. The summed E-state index contributed by atoms with van der Waals surface area (Å²) in [6, 6.07) is 9.37. The zero-order valence-electron chi connectivity index (χ0n) is 7.48. The van der Waals surface area contributed by atoms with Crippen molar-refractivity contribution in [2.24, 2.45) is 0 Å². The van der Waals surface area contributed by atoms with E-state index in [2.05, 4.69) is 5.92 Å². The number of halogens is 3. The molecule has 0 unspecified atom stereocenters. The Hall–Kier alpha value is -0.991. The molecule has 0 amide bonds. The van der Waals surface area contributed by atoms with Gasteiger partial charge in [0.2, 0.25) is 0 Å². The smallest absolute Gasteiger partial charge is 0.154 e. The second-order valence-electron chi connectivity index (χ2n) is 1.71. The van der Waals surface area contributed by atoms with Gasteiger partial charge in [0.1, 0.15) is 0 Å². The normalized spacial score (nSPS) is 6.60. The Kier molecular flexibility index (Phi) is 24.4. The molecule has 6 heteroatoms. The van der Waals surface area contributed by atoms with Crippen LogP contribution in [0.2, 0.25) is 0 Å². The average molecular weight is 266 g/mol. The molecule has 4 N–H and O–H groups in total. The molecule has 0 spiro atoms. The molecule has 0 aliphatic carbocycles. The molecule has 0 aliphatic rings. The first-order valence-electron chi connectivity index (χ1n) is 2.98. The average Bonchev–Trinajstić information content (AvgIpc) is 2.05. The van der Waals surface area contributed by atoms with Gasteiger partial charge in [-0.1, -0.05) is 18.2 Å². The van der Waals surface area contributed by atoms with Gasteiger partial charge in [0.05, 0.1) is 0 Å². The zero-order chi connectivity index (χ0) is 9.40. The second kappa shape index (κ2) is 15.5. The first-order chi connectivity index (χ1) is 5.66. The van der Waals surface area contributed by atoms with Crippen molar-refractivity contribution in [3.8, 4) is 5.92 Å². The third kappa shape index (κ3) is 19.4. The summed E-state index contributed by atoms with van der Waals surface area (Å²) in [5.41, 5.74) is 0.826. The fraction of sp³-hybridized carbons (Fsp3) is 0. The van der Waals surface area contributed by atoms with Crippen molar-refractivity contribution in [2.45, 2.75) is 0 Å². The Labute approximate surface area is 97.9 Å². The maximum atomic E-state index is 9.58. The Balaban J connectivity index is -0.0000000779. The Bertz CT molecular complexity index is 247. The Morgan fingerprint density at radius 1 is 1.00 bits per heavy atom. The molecule has 1 radical (unpaired) electrons. The van der Waals surface area contributed by atoms with Crippen LogP contribution in [-0.2, 0) is 17.1 Å². The molecule has 2 nitrogen and oxygen atoms in total. The summed E-state index contributed by atoms with van der Waals surface area (Å²) in [6.45, 7) is -3.08. The summed E-state index contributed by atoms with van der Waals surface area (Å²) in [6.07, 6.45) is 6.69. The SMILES string of the molecule is F[C-](F)F.[C-]#Cc1ccccc1.[Cu].[NH2-].[NH2-]. The van der Waals surface area contributed by atoms with Gasteiger partial charge in [-0.05, 0) is 0 Å². The van der Waals surface area contributed by atoms with Crippen molar-refractivity contribution >= 4 is 0 Å². The molecule has 1 rings (SSSR count). The quantitative estimate of drug-likeness (QED) is 0.379. The second-order valence-corrected chi connectivity index (χ2v) is 1.71. The monoisotopic (exact) mass is 265 g/mol. The minimum atomic E-state index is -3.08. The van der Waals surface area contributed by atoms with Crippen molar-refractivity contribution in [3.63, 3.8) is 0 Å². The van der Waals surface area contributed by atoms with Crippen LogP contribution in [0.4, 0.5) is 13.2 Å². The molecular formula is C9H9CuF3N2-4. The first kappa shape index (κ1) is 23.7. The van der Waals surface area contributed by atoms with Crippen molar-refractivity contribution < 1.29 is 30.2 Å². The van der Waals surface area contributed by atoms with Crippen molar-refractivity contribution in [2.75, 3.05) is 0 Å². The molecule has 1 aromatic carbocycles. The van der Waals surface area contributed by atoms with Gasteiger partial charge in [-0.15, -0.1) is 17.7 Å². The predicted octanol–water partition coefficient (Wildman–Crippen LogP) is 4.40. The molecule has 0 bridgehead atoms. The topological polar surface area (TPSA) is 67.0 Å². The van der Waals surface area contributed by atoms with Gasteiger partial charge >= 0.3 is 0 Å². The summed E-state index contributed by atoms with van der Waals surface area (Å²) in [7, 11) is 0. The van der Waals surface area contributed by atoms with Gasteiger partial charge in [-0.25, -0.2) is 0 Å². The van der Waals surface area contributed by atoms with Crippen LogP contribution in [0.25, 0.3) is 12.3 Å². The number of rotatable bonds is 0. The summed E-state index contributed by atoms with van der Waals surface area (Å²) < 4.78 is 28.8. The van der Waals surface area contributed by atoms with Gasteiger partial charge in [0, 0.05) is 17.1 Å². The molecule has 0 aromatic heterocycles. The van der Waals surface area contributed by atoms with Crippen LogP contribution in [0.3, 0.4) is 0 Å². The van der Waals surface area contributed by atoms with Crippen molar-refractivity contribution in [1.82, 2.24) is 0 Å². The minimum Gasteiger partial charge on any atom is -0.693 e. The Morgan fingerprint density at radius 3 is 1.53 bits per heavy atom. The van der Waals surface area contributed by atoms with E-state index in [9.17, 15) is 13.2 Å². The molecule has 1 aromatic rings. The van der Waals surface area contributed by atoms with Crippen LogP contribution in [0, 0.1) is 19.0 Å². The fourth-order valence-corrected chi connectivity index (χ4v) is 0.521. The largest absolute Gasteiger partial charge is 0.693 e. The Morgan fingerprint density at radius 2 is 1.33 bits per heavy atom. The van der Waals surface area contributed by atoms with E-state index < -0.39 is 6.68 Å². The molecule has 0 heterocycles. The van der Waals surface area contributed by atoms with E-state index in [0.29, 0.717) is 0 Å². The molecule has 0 aliphatic heterocycles. The standard InChI is InChI=1S/C8H5.CF3.Cu.2H2N/c1-2-8-6-4-3-5-7-8;2-1(3)4;;;/h3-7H;;;2*1H2/q2*-1;;2*-1. The van der Waals surface area contributed by atoms with Crippen LogP contribution in [0.15, 0.2) is 30.3 Å². The maximum Gasteiger partial charge on any atom is 0.154 e. The maximum absolute atomic E-state index is 9.58. The van der Waals surface area contributed by atoms with Gasteiger partial charge in [0.25, 0.3) is 0 Å². The molecule has 0 saturated carbocycles. The van der Waals surface area contributed by atoms with Crippen LogP contribution in [0.1, 0.15) is 5.56 Å². The minimum absolute atomic E-state index is 0. The van der Waals surface area contributed by atoms with Crippen molar-refractivity contribution in [1.29, 1.82) is 0 Å². The van der Waals surface area contributed by atoms with E-state index in [0.717, 1.165) is 5.56 Å². The number of hydrogen-bond acceptors (Lipinski definition) is 0. The third-order valence-corrected chi connectivity index (χ3v) is 0.918. The predicted molar refractivity (Wildman–Crippen MR) is 49.8 cm³/mol. The number of benzene rings is 1. The third-order valence-electron chi connectivity index (χ3n) is 0.918. The summed E-state index contributed by atoms with van der Waals surface area (Å²) in [5.74, 6) is 2.28. The van der Waals surface area contributed by atoms with E-state index >= 15 is 0 Å². The van der Waals surface area contributed by atoms with Gasteiger partial charge in [0.15, 0.2) is 6.68 Å². The first-order valence-corrected chi connectivity index (χ1v) is 2.98. The van der Waals surface area contributed by atoms with E-state index in [4.69, 9.17) is 6.42 Å². The van der Waals surface area contributed by atoms with Gasteiger partial charge in [-0.3, -0.25) is 5.92 Å².